The fourth-order valence-corrected chi connectivity index (χ4v) is 1.70. The molecule has 0 aliphatic rings. The highest BCUT2D eigenvalue weighted by Crippen LogP contribution is 2.09. The summed E-state index contributed by atoms with van der Waals surface area (Å²) in [4.78, 5) is 15.6. The second-order valence-electron chi connectivity index (χ2n) is 3.88. The Balaban J connectivity index is 2.28. The topological polar surface area (TPSA) is 102 Å². The summed E-state index contributed by atoms with van der Waals surface area (Å²) in [5.74, 6) is -0.306. The molecular weight excluding hydrogens is 248 g/mol. The number of carbonyl (C=O) groups excluding carboxylic acids is 1. The second-order valence-corrected chi connectivity index (χ2v) is 3.88. The Morgan fingerprint density at radius 3 is 3.11 bits per heavy atom. The number of imidazole rings is 1. The zero-order valence-corrected chi connectivity index (χ0v) is 10.4. The summed E-state index contributed by atoms with van der Waals surface area (Å²) in [5, 5.41) is 11.5. The van der Waals surface area contributed by atoms with Gasteiger partial charge in [-0.15, -0.1) is 0 Å². The second kappa shape index (κ2) is 5.38. The molecule has 0 radical (unpaired) electrons. The lowest BCUT2D eigenvalue weighted by atomic mass is 10.2. The summed E-state index contributed by atoms with van der Waals surface area (Å²) in [6.07, 6.45) is 3.58. The first-order valence-electron chi connectivity index (χ1n) is 5.75. The molecule has 2 rings (SSSR count). The lowest BCUT2D eigenvalue weighted by Gasteiger charge is -1.98. The van der Waals surface area contributed by atoms with Crippen LogP contribution in [0.15, 0.2) is 29.7 Å². The number of fused-ring (bicyclic) bond motifs is 1. The molecule has 2 aromatic rings. The van der Waals surface area contributed by atoms with Gasteiger partial charge in [-0.05, 0) is 19.1 Å². The standard InChI is InChI=1S/C12H14N4O3/c1-2-19-11(17)6-9-7-16-4-3-8(12(13)15-18)5-10(16)14-9/h3-5,7,18H,2,6H2,1H3,(H2,13,15). The van der Waals surface area contributed by atoms with Gasteiger partial charge in [0.15, 0.2) is 5.84 Å². The summed E-state index contributed by atoms with van der Waals surface area (Å²) < 4.78 is 6.61. The highest BCUT2D eigenvalue weighted by Gasteiger charge is 2.09. The van der Waals surface area contributed by atoms with Crippen LogP contribution in [0.4, 0.5) is 0 Å². The van der Waals surface area contributed by atoms with Crippen LogP contribution in [-0.4, -0.2) is 33.0 Å². The van der Waals surface area contributed by atoms with E-state index in [0.717, 1.165) is 0 Å². The Hall–Kier alpha value is -2.57. The number of pyridine rings is 1. The quantitative estimate of drug-likeness (QED) is 0.275. The highest BCUT2D eigenvalue weighted by molar-refractivity contribution is 5.97. The van der Waals surface area contributed by atoms with E-state index < -0.39 is 0 Å². The molecule has 0 aromatic carbocycles. The molecule has 0 bridgehead atoms. The van der Waals surface area contributed by atoms with Gasteiger partial charge in [-0.1, -0.05) is 5.16 Å². The van der Waals surface area contributed by atoms with E-state index in [9.17, 15) is 4.79 Å². The van der Waals surface area contributed by atoms with E-state index in [1.165, 1.54) is 0 Å². The minimum atomic E-state index is -0.317. The van der Waals surface area contributed by atoms with E-state index in [1.807, 2.05) is 0 Å². The van der Waals surface area contributed by atoms with Gasteiger partial charge in [0.25, 0.3) is 0 Å². The number of ether oxygens (including phenoxy) is 1. The summed E-state index contributed by atoms with van der Waals surface area (Å²) in [5.41, 5.74) is 7.28. The Kier molecular flexibility index (Phi) is 3.65. The fraction of sp³-hybridized carbons (Fsp3) is 0.250. The molecule has 2 heterocycles. The predicted octanol–water partition coefficient (Wildman–Crippen LogP) is 0.534. The Morgan fingerprint density at radius 1 is 1.63 bits per heavy atom. The molecule has 7 nitrogen and oxygen atoms in total. The summed E-state index contributed by atoms with van der Waals surface area (Å²) in [7, 11) is 0. The molecule has 0 amide bonds. The van der Waals surface area contributed by atoms with Crippen LogP contribution in [0.25, 0.3) is 5.65 Å². The van der Waals surface area contributed by atoms with Crippen LogP contribution in [0.5, 0.6) is 0 Å². The molecule has 0 saturated heterocycles. The first-order chi connectivity index (χ1) is 9.13. The zero-order valence-electron chi connectivity index (χ0n) is 10.4. The van der Waals surface area contributed by atoms with Crippen molar-refractivity contribution in [2.24, 2.45) is 10.9 Å². The van der Waals surface area contributed by atoms with Crippen molar-refractivity contribution >= 4 is 17.5 Å². The lowest BCUT2D eigenvalue weighted by molar-refractivity contribution is -0.142. The van der Waals surface area contributed by atoms with Crippen molar-refractivity contribution in [2.45, 2.75) is 13.3 Å². The molecule has 19 heavy (non-hydrogen) atoms. The monoisotopic (exact) mass is 262 g/mol. The van der Waals surface area contributed by atoms with Gasteiger partial charge in [-0.3, -0.25) is 4.79 Å². The number of esters is 1. The van der Waals surface area contributed by atoms with Crippen molar-refractivity contribution in [1.82, 2.24) is 9.38 Å². The highest BCUT2D eigenvalue weighted by atomic mass is 16.5. The van der Waals surface area contributed by atoms with Crippen molar-refractivity contribution in [3.8, 4) is 0 Å². The molecule has 0 atom stereocenters. The van der Waals surface area contributed by atoms with E-state index in [4.69, 9.17) is 15.7 Å². The van der Waals surface area contributed by atoms with E-state index in [0.29, 0.717) is 23.5 Å². The smallest absolute Gasteiger partial charge is 0.311 e. The SMILES string of the molecule is CCOC(=O)Cc1cn2ccc(/C(N)=N/O)cc2n1. The molecule has 100 valence electrons. The van der Waals surface area contributed by atoms with Crippen LogP contribution < -0.4 is 5.73 Å². The van der Waals surface area contributed by atoms with E-state index >= 15 is 0 Å². The number of rotatable bonds is 4. The number of amidine groups is 1. The minimum Gasteiger partial charge on any atom is -0.466 e. The number of nitrogens with zero attached hydrogens (tertiary/aromatic N) is 3. The Morgan fingerprint density at radius 2 is 2.42 bits per heavy atom. The third-order valence-corrected chi connectivity index (χ3v) is 2.54. The lowest BCUT2D eigenvalue weighted by Crippen LogP contribution is -2.13. The molecule has 2 aromatic heterocycles. The molecular formula is C12H14N4O3. The Bertz CT molecular complexity index is 633. The fourth-order valence-electron chi connectivity index (χ4n) is 1.70. The zero-order chi connectivity index (χ0) is 13.8. The molecule has 3 N–H and O–H groups in total. The van der Waals surface area contributed by atoms with Crippen molar-refractivity contribution in [2.75, 3.05) is 6.61 Å². The van der Waals surface area contributed by atoms with Crippen LogP contribution in [0.2, 0.25) is 0 Å². The average molecular weight is 262 g/mol. The summed E-state index contributed by atoms with van der Waals surface area (Å²) >= 11 is 0. The first kappa shape index (κ1) is 12.9. The van der Waals surface area contributed by atoms with Gasteiger partial charge in [0.05, 0.1) is 18.7 Å². The number of nitrogens with two attached hydrogens (primary N) is 1. The first-order valence-corrected chi connectivity index (χ1v) is 5.75. The number of hydrogen-bond donors (Lipinski definition) is 2. The third-order valence-electron chi connectivity index (χ3n) is 2.54. The Labute approximate surface area is 109 Å². The van der Waals surface area contributed by atoms with Gasteiger partial charge in [0.1, 0.15) is 5.65 Å². The normalized spacial score (nSPS) is 11.7. The number of oxime groups is 1. The van der Waals surface area contributed by atoms with Gasteiger partial charge in [-0.2, -0.15) is 0 Å². The van der Waals surface area contributed by atoms with Crippen LogP contribution in [-0.2, 0) is 16.0 Å². The molecule has 0 saturated carbocycles. The number of aromatic nitrogens is 2. The maximum absolute atomic E-state index is 11.4. The summed E-state index contributed by atoms with van der Waals surface area (Å²) in [6, 6.07) is 3.36. The van der Waals surface area contributed by atoms with Crippen molar-refractivity contribution in [3.05, 3.63) is 35.8 Å². The molecule has 0 aliphatic carbocycles. The maximum Gasteiger partial charge on any atom is 0.311 e. The van der Waals surface area contributed by atoms with Crippen LogP contribution in [0.1, 0.15) is 18.2 Å². The van der Waals surface area contributed by atoms with Crippen LogP contribution in [0, 0.1) is 0 Å². The van der Waals surface area contributed by atoms with Gasteiger partial charge in [0, 0.05) is 18.0 Å². The van der Waals surface area contributed by atoms with E-state index in [1.54, 1.807) is 35.9 Å². The molecule has 0 spiro atoms. The molecule has 7 heteroatoms. The summed E-state index contributed by atoms with van der Waals surface area (Å²) in [6.45, 7) is 2.10. The predicted molar refractivity (Wildman–Crippen MR) is 68.0 cm³/mol. The van der Waals surface area contributed by atoms with Gasteiger partial charge in [0.2, 0.25) is 0 Å². The van der Waals surface area contributed by atoms with Gasteiger partial charge in [-0.25, -0.2) is 4.98 Å². The molecule has 0 aliphatic heterocycles. The van der Waals surface area contributed by atoms with E-state index in [-0.39, 0.29) is 18.2 Å². The third kappa shape index (κ3) is 2.82. The largest absolute Gasteiger partial charge is 0.466 e. The van der Waals surface area contributed by atoms with Gasteiger partial charge < -0.3 is 20.1 Å². The minimum absolute atomic E-state index is 0.0115. The van der Waals surface area contributed by atoms with E-state index in [2.05, 4.69) is 10.1 Å². The van der Waals surface area contributed by atoms with Crippen molar-refractivity contribution in [3.63, 3.8) is 0 Å². The number of carbonyl (C=O) groups is 1. The average Bonchev–Trinajstić information content (AvgIpc) is 2.78. The number of hydrogen-bond acceptors (Lipinski definition) is 5. The molecule has 0 unspecified atom stereocenters. The van der Waals surface area contributed by atoms with Crippen molar-refractivity contribution in [1.29, 1.82) is 0 Å². The van der Waals surface area contributed by atoms with Crippen LogP contribution in [0.3, 0.4) is 0 Å². The molecule has 0 fully saturated rings. The van der Waals surface area contributed by atoms with Gasteiger partial charge >= 0.3 is 5.97 Å². The maximum atomic E-state index is 11.4. The van der Waals surface area contributed by atoms with Crippen molar-refractivity contribution < 1.29 is 14.7 Å². The van der Waals surface area contributed by atoms with Crippen LogP contribution >= 0.6 is 0 Å².